The average Bonchev–Trinajstić information content (AvgIpc) is 2.68. The fourth-order valence-electron chi connectivity index (χ4n) is 2.82. The number of para-hydroxylation sites is 1. The lowest BCUT2D eigenvalue weighted by Gasteiger charge is -2.24. The number of allylic oxidation sites excluding steroid dienone is 1. The molecule has 2 rings (SSSR count). The smallest absolute Gasteiger partial charge is 0.123 e. The third kappa shape index (κ3) is 2.77. The Morgan fingerprint density at radius 3 is 2.89 bits per heavy atom. The van der Waals surface area contributed by atoms with Crippen LogP contribution in [-0.2, 0) is 5.41 Å². The van der Waals surface area contributed by atoms with E-state index in [9.17, 15) is 0 Å². The van der Waals surface area contributed by atoms with Gasteiger partial charge >= 0.3 is 0 Å². The first kappa shape index (κ1) is 13.2. The molecule has 1 atom stereocenters. The first-order valence-corrected chi connectivity index (χ1v) is 7.05. The molecule has 1 aromatic rings. The Morgan fingerprint density at radius 1 is 1.33 bits per heavy atom. The summed E-state index contributed by atoms with van der Waals surface area (Å²) in [6.07, 6.45) is 6.06. The van der Waals surface area contributed by atoms with Crippen LogP contribution in [0.4, 0.5) is 0 Å². The van der Waals surface area contributed by atoms with Crippen molar-refractivity contribution in [2.75, 3.05) is 6.61 Å². The van der Waals surface area contributed by atoms with Crippen molar-refractivity contribution in [3.8, 4) is 5.75 Å². The van der Waals surface area contributed by atoms with Crippen molar-refractivity contribution in [1.82, 2.24) is 0 Å². The highest BCUT2D eigenvalue weighted by Crippen LogP contribution is 2.42. The van der Waals surface area contributed by atoms with Crippen LogP contribution in [0.2, 0.25) is 0 Å². The van der Waals surface area contributed by atoms with E-state index < -0.39 is 0 Å². The van der Waals surface area contributed by atoms with Gasteiger partial charge in [0.1, 0.15) is 5.75 Å². The van der Waals surface area contributed by atoms with Gasteiger partial charge in [0.2, 0.25) is 0 Å². The van der Waals surface area contributed by atoms with Gasteiger partial charge in [-0.2, -0.15) is 0 Å². The van der Waals surface area contributed by atoms with E-state index in [2.05, 4.69) is 38.6 Å². The van der Waals surface area contributed by atoms with Crippen molar-refractivity contribution < 1.29 is 4.74 Å². The van der Waals surface area contributed by atoms with Crippen molar-refractivity contribution in [2.45, 2.75) is 51.4 Å². The van der Waals surface area contributed by atoms with E-state index in [4.69, 9.17) is 4.74 Å². The standard InChI is InChI=1S/C17H24O/c1-4-5-6-9-14(2)12-17(3)13-18-16-11-8-7-10-15(16)17/h7-8,10-11H,2,4-6,9,12-13H2,1,3H3/t17-/m0/s1. The van der Waals surface area contributed by atoms with Crippen LogP contribution in [-0.4, -0.2) is 6.61 Å². The van der Waals surface area contributed by atoms with Gasteiger partial charge in [-0.25, -0.2) is 0 Å². The van der Waals surface area contributed by atoms with Gasteiger partial charge in [0.25, 0.3) is 0 Å². The highest BCUT2D eigenvalue weighted by atomic mass is 16.5. The molecular weight excluding hydrogens is 220 g/mol. The lowest BCUT2D eigenvalue weighted by molar-refractivity contribution is 0.275. The molecular formula is C17H24O. The normalized spacial score (nSPS) is 21.4. The number of ether oxygens (including phenoxy) is 1. The van der Waals surface area contributed by atoms with Crippen LogP contribution in [0.1, 0.15) is 51.5 Å². The molecule has 0 aromatic heterocycles. The van der Waals surface area contributed by atoms with Crippen LogP contribution in [0.25, 0.3) is 0 Å². The molecule has 18 heavy (non-hydrogen) atoms. The summed E-state index contributed by atoms with van der Waals surface area (Å²) < 4.78 is 5.80. The van der Waals surface area contributed by atoms with Gasteiger partial charge in [-0.05, 0) is 25.3 Å². The maximum atomic E-state index is 5.80. The minimum Gasteiger partial charge on any atom is -0.492 e. The number of benzene rings is 1. The molecule has 0 aliphatic carbocycles. The van der Waals surface area contributed by atoms with Crippen LogP contribution in [0.3, 0.4) is 0 Å². The second kappa shape index (κ2) is 5.60. The molecule has 1 nitrogen and oxygen atoms in total. The molecule has 0 fully saturated rings. The molecule has 0 saturated carbocycles. The Labute approximate surface area is 111 Å². The third-order valence-electron chi connectivity index (χ3n) is 3.86. The van der Waals surface area contributed by atoms with E-state index in [1.54, 1.807) is 0 Å². The molecule has 0 bridgehead atoms. The number of fused-ring (bicyclic) bond motifs is 1. The minimum absolute atomic E-state index is 0.125. The van der Waals surface area contributed by atoms with Gasteiger partial charge < -0.3 is 4.74 Å². The predicted molar refractivity (Wildman–Crippen MR) is 77.2 cm³/mol. The fraction of sp³-hybridized carbons (Fsp3) is 0.529. The number of hydrogen-bond donors (Lipinski definition) is 0. The number of rotatable bonds is 6. The zero-order valence-electron chi connectivity index (χ0n) is 11.7. The highest BCUT2D eigenvalue weighted by molar-refractivity contribution is 5.43. The van der Waals surface area contributed by atoms with E-state index in [0.717, 1.165) is 25.2 Å². The van der Waals surface area contributed by atoms with Gasteiger partial charge in [-0.15, -0.1) is 0 Å². The predicted octanol–water partition coefficient (Wildman–Crippen LogP) is 4.86. The molecule has 1 aliphatic rings. The molecule has 0 saturated heterocycles. The summed E-state index contributed by atoms with van der Waals surface area (Å²) in [4.78, 5) is 0. The average molecular weight is 244 g/mol. The maximum absolute atomic E-state index is 5.80. The van der Waals surface area contributed by atoms with Crippen LogP contribution >= 0.6 is 0 Å². The molecule has 0 spiro atoms. The summed E-state index contributed by atoms with van der Waals surface area (Å²) in [5, 5.41) is 0. The third-order valence-corrected chi connectivity index (χ3v) is 3.86. The largest absolute Gasteiger partial charge is 0.492 e. The van der Waals surface area contributed by atoms with Crippen LogP contribution in [0, 0.1) is 0 Å². The van der Waals surface area contributed by atoms with Crippen molar-refractivity contribution in [3.05, 3.63) is 42.0 Å². The van der Waals surface area contributed by atoms with Crippen LogP contribution < -0.4 is 4.74 Å². The molecule has 0 unspecified atom stereocenters. The van der Waals surface area contributed by atoms with Gasteiger partial charge in [0.05, 0.1) is 6.61 Å². The van der Waals surface area contributed by atoms with Crippen molar-refractivity contribution in [2.24, 2.45) is 0 Å². The monoisotopic (exact) mass is 244 g/mol. The lowest BCUT2D eigenvalue weighted by atomic mass is 9.78. The van der Waals surface area contributed by atoms with E-state index in [1.807, 2.05) is 6.07 Å². The summed E-state index contributed by atoms with van der Waals surface area (Å²) in [5.74, 6) is 1.06. The van der Waals surface area contributed by atoms with E-state index in [1.165, 1.54) is 30.4 Å². The minimum atomic E-state index is 0.125. The summed E-state index contributed by atoms with van der Waals surface area (Å²) in [5.41, 5.74) is 2.84. The zero-order chi connectivity index (χ0) is 13.0. The Hall–Kier alpha value is -1.24. The first-order chi connectivity index (χ1) is 8.65. The molecule has 0 amide bonds. The van der Waals surface area contributed by atoms with Crippen molar-refractivity contribution in [3.63, 3.8) is 0 Å². The molecule has 1 aliphatic heterocycles. The SMILES string of the molecule is C=C(CCCCC)C[C@@]1(C)COc2ccccc21. The molecule has 0 N–H and O–H groups in total. The van der Waals surface area contributed by atoms with Gasteiger partial charge in [-0.3, -0.25) is 0 Å². The second-order valence-corrected chi connectivity index (χ2v) is 5.73. The van der Waals surface area contributed by atoms with E-state index in [0.29, 0.717) is 0 Å². The Kier molecular flexibility index (Phi) is 4.11. The van der Waals surface area contributed by atoms with E-state index in [-0.39, 0.29) is 5.41 Å². The lowest BCUT2D eigenvalue weighted by Crippen LogP contribution is -2.24. The molecule has 1 aromatic carbocycles. The Bertz CT molecular complexity index is 421. The second-order valence-electron chi connectivity index (χ2n) is 5.73. The maximum Gasteiger partial charge on any atom is 0.123 e. The molecule has 1 heteroatoms. The van der Waals surface area contributed by atoms with Crippen LogP contribution in [0.15, 0.2) is 36.4 Å². The van der Waals surface area contributed by atoms with Crippen LogP contribution in [0.5, 0.6) is 5.75 Å². The molecule has 1 heterocycles. The van der Waals surface area contributed by atoms with E-state index >= 15 is 0 Å². The molecule has 98 valence electrons. The summed E-state index contributed by atoms with van der Waals surface area (Å²) >= 11 is 0. The summed E-state index contributed by atoms with van der Waals surface area (Å²) in [7, 11) is 0. The number of unbranched alkanes of at least 4 members (excludes halogenated alkanes) is 2. The van der Waals surface area contributed by atoms with Gasteiger partial charge in [0.15, 0.2) is 0 Å². The van der Waals surface area contributed by atoms with Gasteiger partial charge in [0, 0.05) is 11.0 Å². The quantitative estimate of drug-likeness (QED) is 0.513. The topological polar surface area (TPSA) is 9.23 Å². The first-order valence-electron chi connectivity index (χ1n) is 7.05. The zero-order valence-corrected chi connectivity index (χ0v) is 11.7. The van der Waals surface area contributed by atoms with Gasteiger partial charge in [-0.1, -0.05) is 57.0 Å². The summed E-state index contributed by atoms with van der Waals surface area (Å²) in [6, 6.07) is 8.41. The van der Waals surface area contributed by atoms with Crippen molar-refractivity contribution >= 4 is 0 Å². The fourth-order valence-corrected chi connectivity index (χ4v) is 2.82. The Balaban J connectivity index is 1.99. The molecule has 0 radical (unpaired) electrons. The van der Waals surface area contributed by atoms with Crippen molar-refractivity contribution in [1.29, 1.82) is 0 Å². The highest BCUT2D eigenvalue weighted by Gasteiger charge is 2.36. The number of hydrogen-bond acceptors (Lipinski definition) is 1. The Morgan fingerprint density at radius 2 is 2.11 bits per heavy atom. The summed E-state index contributed by atoms with van der Waals surface area (Å²) in [6.45, 7) is 9.58.